The van der Waals surface area contributed by atoms with Crippen molar-refractivity contribution in [3.05, 3.63) is 99.4 Å². The second-order valence-electron chi connectivity index (χ2n) is 16.0. The highest BCUT2D eigenvalue weighted by atomic mass is 35.5. The summed E-state index contributed by atoms with van der Waals surface area (Å²) in [6.07, 6.45) is 3.15. The number of ether oxygens (including phenoxy) is 3. The predicted molar refractivity (Wildman–Crippen MR) is 228 cm³/mol. The van der Waals surface area contributed by atoms with Crippen molar-refractivity contribution in [3.8, 4) is 11.5 Å². The lowest BCUT2D eigenvalue weighted by atomic mass is 9.81. The molecule has 1 fully saturated rings. The number of methoxy groups -OCH3 is 1. The Kier molecular flexibility index (Phi) is 15.5. The van der Waals surface area contributed by atoms with Crippen LogP contribution in [0, 0.1) is 5.82 Å². The summed E-state index contributed by atoms with van der Waals surface area (Å²) in [6, 6.07) is 15.5. The molecule has 59 heavy (non-hydrogen) atoms. The topological polar surface area (TPSA) is 146 Å². The maximum Gasteiger partial charge on any atom is 0.410 e. The summed E-state index contributed by atoms with van der Waals surface area (Å²) in [6.45, 7) is 8.27. The highest BCUT2D eigenvalue weighted by Gasteiger charge is 2.45. The first-order valence-corrected chi connectivity index (χ1v) is 20.4. The second-order valence-corrected chi connectivity index (χ2v) is 16.9. The summed E-state index contributed by atoms with van der Waals surface area (Å²) in [5.41, 5.74) is 1.42. The van der Waals surface area contributed by atoms with Crippen LogP contribution >= 0.6 is 23.2 Å². The van der Waals surface area contributed by atoms with Crippen LogP contribution in [0.2, 0.25) is 10.0 Å². The third kappa shape index (κ3) is 12.2. The summed E-state index contributed by atoms with van der Waals surface area (Å²) >= 11 is 12.4. The van der Waals surface area contributed by atoms with E-state index in [1.54, 1.807) is 48.0 Å². The van der Waals surface area contributed by atoms with Crippen LogP contribution in [0.4, 0.5) is 9.18 Å². The average molecular weight is 857 g/mol. The van der Waals surface area contributed by atoms with Gasteiger partial charge in [-0.25, -0.2) is 9.18 Å². The molecule has 3 aromatic carbocycles. The van der Waals surface area contributed by atoms with Gasteiger partial charge < -0.3 is 50.6 Å². The second kappa shape index (κ2) is 20.1. The fourth-order valence-corrected chi connectivity index (χ4v) is 7.50. The van der Waals surface area contributed by atoms with Crippen LogP contribution in [0.5, 0.6) is 11.5 Å². The lowest BCUT2D eigenvalue weighted by Gasteiger charge is -2.49. The maximum absolute atomic E-state index is 15.4. The fourth-order valence-electron chi connectivity index (χ4n) is 7.17. The molecule has 0 spiro atoms. The fraction of sp³-hybridized carbons (Fsp3) is 0.465. The van der Waals surface area contributed by atoms with E-state index in [1.807, 2.05) is 58.3 Å². The van der Waals surface area contributed by atoms with E-state index >= 15 is 4.39 Å². The summed E-state index contributed by atoms with van der Waals surface area (Å²) in [7, 11) is 5.02. The highest BCUT2D eigenvalue weighted by Crippen LogP contribution is 2.34. The smallest absolute Gasteiger partial charge is 0.410 e. The van der Waals surface area contributed by atoms with E-state index < -0.39 is 46.9 Å². The van der Waals surface area contributed by atoms with Crippen LogP contribution < -0.4 is 31.3 Å². The Morgan fingerprint density at radius 3 is 2.44 bits per heavy atom. The van der Waals surface area contributed by atoms with E-state index in [0.717, 1.165) is 23.4 Å². The molecular formula is C43H56Cl2FN7O6. The minimum atomic E-state index is -1.07. The number of likely N-dealkylation sites (N-methyl/N-ethyl adjacent to an activating group) is 2. The predicted octanol–water partition coefficient (Wildman–Crippen LogP) is 6.04. The molecule has 3 aromatic rings. The number of nitrogens with one attached hydrogen (secondary N) is 5. The van der Waals surface area contributed by atoms with Gasteiger partial charge >= 0.3 is 6.09 Å². The van der Waals surface area contributed by atoms with Crippen LogP contribution in [-0.4, -0.2) is 105 Å². The first-order valence-electron chi connectivity index (χ1n) is 19.7. The van der Waals surface area contributed by atoms with Crippen molar-refractivity contribution in [3.63, 3.8) is 0 Å². The number of benzene rings is 3. The molecule has 2 aliphatic rings. The van der Waals surface area contributed by atoms with Gasteiger partial charge in [-0.1, -0.05) is 35.3 Å². The number of piperidine rings is 1. The quantitative estimate of drug-likeness (QED) is 0.116. The van der Waals surface area contributed by atoms with Gasteiger partial charge in [0.05, 0.1) is 23.9 Å². The summed E-state index contributed by atoms with van der Waals surface area (Å²) < 4.78 is 32.7. The monoisotopic (exact) mass is 855 g/mol. The van der Waals surface area contributed by atoms with Crippen molar-refractivity contribution >= 4 is 46.8 Å². The van der Waals surface area contributed by atoms with Crippen LogP contribution in [0.15, 0.2) is 66.9 Å². The zero-order valence-electron chi connectivity index (χ0n) is 34.7. The minimum Gasteiger partial charge on any atom is -0.457 e. The normalized spacial score (nSPS) is 18.8. The van der Waals surface area contributed by atoms with E-state index in [1.165, 1.54) is 19.2 Å². The molecule has 0 bridgehead atoms. The molecule has 5 N–H and O–H groups in total. The third-order valence-corrected chi connectivity index (χ3v) is 10.8. The number of hydrogen-bond acceptors (Lipinski definition) is 10. The number of carbonyl (C=O) groups is 3. The van der Waals surface area contributed by atoms with Crippen LogP contribution in [0.25, 0.3) is 5.70 Å². The minimum absolute atomic E-state index is 0.0748. The van der Waals surface area contributed by atoms with Crippen molar-refractivity contribution in [2.75, 3.05) is 47.4 Å². The molecule has 320 valence electrons. The lowest BCUT2D eigenvalue weighted by molar-refractivity contribution is -0.144. The van der Waals surface area contributed by atoms with E-state index in [9.17, 15) is 14.4 Å². The van der Waals surface area contributed by atoms with Gasteiger partial charge in [0.1, 0.15) is 35.1 Å². The molecule has 2 aliphatic heterocycles. The van der Waals surface area contributed by atoms with Gasteiger partial charge in [0, 0.05) is 62.1 Å². The zero-order valence-corrected chi connectivity index (χ0v) is 36.2. The summed E-state index contributed by atoms with van der Waals surface area (Å²) in [4.78, 5) is 44.7. The molecule has 0 saturated carbocycles. The number of likely N-dealkylation sites (tertiary alicyclic amines) is 1. The Morgan fingerprint density at radius 1 is 1.07 bits per heavy atom. The summed E-state index contributed by atoms with van der Waals surface area (Å²) in [5, 5.41) is 16.4. The SMILES string of the molecule is CNCC1NC=C(c2ccc(Oc3cc(Cl)cc(F)c3CN[C@@H](C)C(=O)N[C@@H](COC)C(=O)N(C)[C@@]3(Cc4ccc(Cl)cc4)CCCN(C(=O)OC(C)(C)C)C3)cc2)N1. The number of carbonyl (C=O) groups excluding carboxylic acids is 3. The van der Waals surface area contributed by atoms with Crippen LogP contribution in [0.3, 0.4) is 0 Å². The first-order chi connectivity index (χ1) is 28.0. The molecule has 1 saturated heterocycles. The van der Waals surface area contributed by atoms with E-state index in [2.05, 4.69) is 26.6 Å². The molecule has 5 rings (SSSR count). The number of nitrogens with zero attached hydrogens (tertiary/aromatic N) is 2. The Labute approximate surface area is 356 Å². The summed E-state index contributed by atoms with van der Waals surface area (Å²) in [5.74, 6) is -0.865. The van der Waals surface area contributed by atoms with Crippen LogP contribution in [0.1, 0.15) is 57.2 Å². The van der Waals surface area contributed by atoms with Crippen LogP contribution in [-0.2, 0) is 32.0 Å². The van der Waals surface area contributed by atoms with Gasteiger partial charge in [-0.2, -0.15) is 0 Å². The number of rotatable bonds is 16. The number of halogens is 3. The molecule has 0 aliphatic carbocycles. The van der Waals surface area contributed by atoms with Gasteiger partial charge in [-0.3, -0.25) is 9.59 Å². The Bertz CT molecular complexity index is 1960. The Balaban J connectivity index is 1.27. The number of amides is 3. The molecule has 2 heterocycles. The maximum atomic E-state index is 15.4. The van der Waals surface area contributed by atoms with Gasteiger partial charge in [0.2, 0.25) is 11.8 Å². The Hall–Kier alpha value is -4.60. The molecule has 13 nitrogen and oxygen atoms in total. The standard InChI is InChI=1S/C43H56Cl2FN7O6/c1-27(48-22-33-34(46)19-31(45)20-37(33)58-32-15-11-29(12-16-32)35-23-49-38(50-35)24-47-5)39(54)51-36(25-57-7)40(55)52(6)43(21-28-9-13-30(44)14-10-28)17-8-18-53(26-43)41(56)59-42(2,3)4/h9-16,19-20,23,27,36,38,47-50H,8,17-18,21-22,24-26H2,1-7H3,(H,51,54)/t27-,36-,38?,43+/m0/s1. The lowest BCUT2D eigenvalue weighted by Crippen LogP contribution is -2.65. The van der Waals surface area contributed by atoms with Crippen molar-refractivity contribution < 1.29 is 33.0 Å². The van der Waals surface area contributed by atoms with Crippen molar-refractivity contribution in [1.29, 1.82) is 0 Å². The first kappa shape index (κ1) is 45.5. The molecule has 16 heteroatoms. The van der Waals surface area contributed by atoms with Gasteiger partial charge in [0.15, 0.2) is 0 Å². The van der Waals surface area contributed by atoms with E-state index in [4.69, 9.17) is 37.4 Å². The van der Waals surface area contributed by atoms with Gasteiger partial charge in [-0.05, 0) is 114 Å². The molecule has 0 radical (unpaired) electrons. The van der Waals surface area contributed by atoms with E-state index in [0.29, 0.717) is 36.6 Å². The molecule has 4 atom stereocenters. The van der Waals surface area contributed by atoms with E-state index in [-0.39, 0.29) is 42.2 Å². The zero-order chi connectivity index (χ0) is 42.9. The molecule has 0 aromatic heterocycles. The third-order valence-electron chi connectivity index (χ3n) is 10.3. The van der Waals surface area contributed by atoms with Gasteiger partial charge in [-0.15, -0.1) is 0 Å². The largest absolute Gasteiger partial charge is 0.457 e. The van der Waals surface area contributed by atoms with Gasteiger partial charge in [0.25, 0.3) is 0 Å². The molecule has 3 amide bonds. The Morgan fingerprint density at radius 2 is 1.78 bits per heavy atom. The molecular weight excluding hydrogens is 800 g/mol. The van der Waals surface area contributed by atoms with Crippen molar-refractivity contribution in [2.24, 2.45) is 0 Å². The highest BCUT2D eigenvalue weighted by molar-refractivity contribution is 6.31. The molecule has 1 unspecified atom stereocenters. The van der Waals surface area contributed by atoms with Crippen molar-refractivity contribution in [2.45, 2.75) is 82.9 Å². The number of hydrogen-bond donors (Lipinski definition) is 5. The van der Waals surface area contributed by atoms with Crippen molar-refractivity contribution in [1.82, 2.24) is 36.4 Å². The average Bonchev–Trinajstić information content (AvgIpc) is 3.66.